The highest BCUT2D eigenvalue weighted by molar-refractivity contribution is 8.01. The molecule has 1 aliphatic heterocycles. The van der Waals surface area contributed by atoms with Crippen LogP contribution in [-0.2, 0) is 9.59 Å². The summed E-state index contributed by atoms with van der Waals surface area (Å²) in [5.74, 6) is 0.329. The number of anilines is 2. The Kier molecular flexibility index (Phi) is 9.04. The molecule has 2 aromatic carbocycles. The number of nitriles is 2. The van der Waals surface area contributed by atoms with Crippen molar-refractivity contribution in [2.24, 2.45) is 5.73 Å². The van der Waals surface area contributed by atoms with Gasteiger partial charge in [0.15, 0.2) is 21.6 Å². The SMILES string of the molecule is COc1cc(OC)c(C2C(C#N)=C(N)N(c3nnc(SCC(=O)Nc4ccc(C#N)cc4)s3)C3=C2C(=O)CCC3)cc1OC. The van der Waals surface area contributed by atoms with E-state index in [1.807, 2.05) is 6.07 Å². The number of thioether (sulfide) groups is 1. The molecular weight excluding hydrogens is 603 g/mol. The van der Waals surface area contributed by atoms with Crippen molar-refractivity contribution in [2.75, 3.05) is 37.3 Å². The zero-order valence-corrected chi connectivity index (χ0v) is 25.7. The molecule has 1 aromatic heterocycles. The second kappa shape index (κ2) is 13.1. The zero-order valence-electron chi connectivity index (χ0n) is 24.0. The second-order valence-electron chi connectivity index (χ2n) is 9.64. The maximum absolute atomic E-state index is 13.6. The van der Waals surface area contributed by atoms with Crippen LogP contribution in [0, 0.1) is 22.7 Å². The lowest BCUT2D eigenvalue weighted by Gasteiger charge is -2.38. The molecule has 2 aliphatic rings. The number of ketones is 1. The number of nitrogens with one attached hydrogen (secondary N) is 1. The van der Waals surface area contributed by atoms with Gasteiger partial charge in [-0.3, -0.25) is 14.5 Å². The van der Waals surface area contributed by atoms with Crippen molar-refractivity contribution < 1.29 is 23.8 Å². The lowest BCUT2D eigenvalue weighted by molar-refractivity contribution is -0.116. The Morgan fingerprint density at radius 3 is 2.43 bits per heavy atom. The highest BCUT2D eigenvalue weighted by atomic mass is 32.2. The summed E-state index contributed by atoms with van der Waals surface area (Å²) in [7, 11) is 4.52. The third-order valence-corrected chi connectivity index (χ3v) is 9.21. The lowest BCUT2D eigenvalue weighted by Crippen LogP contribution is -2.38. The number of nitrogens with zero attached hydrogens (tertiary/aromatic N) is 5. The Bertz CT molecular complexity index is 1770. The molecule has 1 amide bonds. The largest absolute Gasteiger partial charge is 0.496 e. The fourth-order valence-corrected chi connectivity index (χ4v) is 6.88. The van der Waals surface area contributed by atoms with Gasteiger partial charge in [-0.15, -0.1) is 10.2 Å². The molecule has 0 saturated heterocycles. The van der Waals surface area contributed by atoms with Crippen molar-refractivity contribution in [3.63, 3.8) is 0 Å². The van der Waals surface area contributed by atoms with Crippen molar-refractivity contribution in [3.8, 4) is 29.4 Å². The summed E-state index contributed by atoms with van der Waals surface area (Å²) in [4.78, 5) is 27.7. The summed E-state index contributed by atoms with van der Waals surface area (Å²) in [6, 6.07) is 14.2. The van der Waals surface area contributed by atoms with Crippen LogP contribution in [0.25, 0.3) is 0 Å². The summed E-state index contributed by atoms with van der Waals surface area (Å²) in [5, 5.41) is 31.0. The molecule has 0 saturated carbocycles. The number of hydrogen-bond acceptors (Lipinski definition) is 13. The molecule has 1 unspecified atom stereocenters. The van der Waals surface area contributed by atoms with Gasteiger partial charge in [0.25, 0.3) is 0 Å². The number of Topliss-reactive ketones (excluding diaryl/α,β-unsaturated/α-hetero) is 1. The van der Waals surface area contributed by atoms with Gasteiger partial charge in [0.2, 0.25) is 11.0 Å². The number of ether oxygens (including phenoxy) is 3. The van der Waals surface area contributed by atoms with E-state index >= 15 is 0 Å². The van der Waals surface area contributed by atoms with Crippen molar-refractivity contribution in [2.45, 2.75) is 29.5 Å². The quantitative estimate of drug-likeness (QED) is 0.318. The van der Waals surface area contributed by atoms with E-state index in [-0.39, 0.29) is 28.8 Å². The van der Waals surface area contributed by atoms with Crippen LogP contribution >= 0.6 is 23.1 Å². The molecular formula is C30H27N7O5S2. The molecule has 3 N–H and O–H groups in total. The zero-order chi connectivity index (χ0) is 31.4. The Hall–Kier alpha value is -5.05. The minimum atomic E-state index is -0.790. The molecule has 0 bridgehead atoms. The maximum Gasteiger partial charge on any atom is 0.234 e. The lowest BCUT2D eigenvalue weighted by atomic mass is 9.75. The van der Waals surface area contributed by atoms with Crippen LogP contribution in [-0.4, -0.2) is 49.0 Å². The topological polar surface area (TPSA) is 176 Å². The predicted octanol–water partition coefficient (Wildman–Crippen LogP) is 4.47. The number of methoxy groups -OCH3 is 3. The molecule has 14 heteroatoms. The van der Waals surface area contributed by atoms with E-state index in [9.17, 15) is 14.9 Å². The summed E-state index contributed by atoms with van der Waals surface area (Å²) in [6.45, 7) is 0. The Balaban J connectivity index is 1.46. The summed E-state index contributed by atoms with van der Waals surface area (Å²) in [6.07, 6.45) is 1.46. The van der Waals surface area contributed by atoms with E-state index in [1.54, 1.807) is 41.3 Å². The van der Waals surface area contributed by atoms with E-state index in [0.29, 0.717) is 74.1 Å². The minimum absolute atomic E-state index is 0.0665. The molecule has 12 nitrogen and oxygen atoms in total. The molecule has 0 fully saturated rings. The normalized spacial score (nSPS) is 16.2. The Morgan fingerprint density at radius 1 is 1.07 bits per heavy atom. The van der Waals surface area contributed by atoms with Crippen LogP contribution in [0.15, 0.2) is 63.4 Å². The minimum Gasteiger partial charge on any atom is -0.496 e. The van der Waals surface area contributed by atoms with Crippen LogP contribution in [0.1, 0.15) is 36.3 Å². The van der Waals surface area contributed by atoms with E-state index < -0.39 is 5.92 Å². The van der Waals surface area contributed by atoms with Crippen LogP contribution in [0.3, 0.4) is 0 Å². The third kappa shape index (κ3) is 5.77. The number of amides is 1. The molecule has 0 spiro atoms. The van der Waals surface area contributed by atoms with Gasteiger partial charge in [0.1, 0.15) is 11.6 Å². The molecule has 2 heterocycles. The first-order valence-corrected chi connectivity index (χ1v) is 15.2. The number of aromatic nitrogens is 2. The van der Waals surface area contributed by atoms with Gasteiger partial charge in [-0.2, -0.15) is 10.5 Å². The highest BCUT2D eigenvalue weighted by Crippen LogP contribution is 2.50. The fourth-order valence-electron chi connectivity index (χ4n) is 5.20. The molecule has 0 radical (unpaired) electrons. The number of nitrogens with two attached hydrogens (primary N) is 1. The summed E-state index contributed by atoms with van der Waals surface area (Å²) < 4.78 is 17.1. The van der Waals surface area contributed by atoms with E-state index in [4.69, 9.17) is 25.2 Å². The van der Waals surface area contributed by atoms with Crippen molar-refractivity contribution in [1.82, 2.24) is 10.2 Å². The van der Waals surface area contributed by atoms with Crippen LogP contribution in [0.2, 0.25) is 0 Å². The third-order valence-electron chi connectivity index (χ3n) is 7.17. The maximum atomic E-state index is 13.6. The van der Waals surface area contributed by atoms with Gasteiger partial charge in [-0.05, 0) is 43.2 Å². The first kappa shape index (κ1) is 30.4. The number of carbonyl (C=O) groups excluding carboxylic acids is 2. The predicted molar refractivity (Wildman–Crippen MR) is 164 cm³/mol. The Labute approximate surface area is 261 Å². The summed E-state index contributed by atoms with van der Waals surface area (Å²) >= 11 is 2.40. The average molecular weight is 630 g/mol. The second-order valence-corrected chi connectivity index (χ2v) is 11.8. The summed E-state index contributed by atoms with van der Waals surface area (Å²) in [5.41, 5.74) is 9.56. The van der Waals surface area contributed by atoms with Gasteiger partial charge in [0.05, 0.1) is 56.3 Å². The molecule has 1 aliphatic carbocycles. The molecule has 44 heavy (non-hydrogen) atoms. The van der Waals surface area contributed by atoms with Gasteiger partial charge in [-0.25, -0.2) is 0 Å². The first-order chi connectivity index (χ1) is 21.3. The number of allylic oxidation sites excluding steroid dienone is 3. The van der Waals surface area contributed by atoms with E-state index in [1.165, 1.54) is 44.4 Å². The van der Waals surface area contributed by atoms with Crippen molar-refractivity contribution >= 4 is 45.6 Å². The number of benzene rings is 2. The van der Waals surface area contributed by atoms with Gasteiger partial charge in [-0.1, -0.05) is 23.1 Å². The van der Waals surface area contributed by atoms with Crippen molar-refractivity contribution in [3.05, 3.63) is 70.2 Å². The van der Waals surface area contributed by atoms with Gasteiger partial charge >= 0.3 is 0 Å². The monoisotopic (exact) mass is 629 g/mol. The van der Waals surface area contributed by atoms with Crippen LogP contribution in [0.5, 0.6) is 17.2 Å². The van der Waals surface area contributed by atoms with Gasteiger partial charge < -0.3 is 25.3 Å². The number of rotatable bonds is 9. The smallest absolute Gasteiger partial charge is 0.234 e. The van der Waals surface area contributed by atoms with Crippen LogP contribution < -0.4 is 30.2 Å². The number of hydrogen-bond donors (Lipinski definition) is 2. The fraction of sp³-hybridized carbons (Fsp3) is 0.267. The number of carbonyl (C=O) groups is 2. The molecule has 5 rings (SSSR count). The van der Waals surface area contributed by atoms with E-state index in [0.717, 1.165) is 0 Å². The standard InChI is InChI=1S/C30H27N7O5S2/c1-40-22-12-24(42-3)23(41-2)11-18(22)26-19(14-32)28(33)37(20-5-4-6-21(38)27(20)26)29-35-36-30(44-29)43-15-25(39)34-17-9-7-16(13-31)8-10-17/h7-12,26H,4-6,15,33H2,1-3H3,(H,34,39). The first-order valence-electron chi connectivity index (χ1n) is 13.4. The molecule has 3 aromatic rings. The molecule has 1 atom stereocenters. The molecule has 224 valence electrons. The van der Waals surface area contributed by atoms with Crippen molar-refractivity contribution in [1.29, 1.82) is 10.5 Å². The van der Waals surface area contributed by atoms with Gasteiger partial charge in [0, 0.05) is 35.0 Å². The van der Waals surface area contributed by atoms with Crippen LogP contribution in [0.4, 0.5) is 10.8 Å². The average Bonchev–Trinajstić information content (AvgIpc) is 3.51. The van der Waals surface area contributed by atoms with E-state index in [2.05, 4.69) is 21.6 Å². The Morgan fingerprint density at radius 2 is 1.77 bits per heavy atom. The highest BCUT2D eigenvalue weighted by Gasteiger charge is 2.42.